The van der Waals surface area contributed by atoms with E-state index >= 15 is 0 Å². The molecule has 0 spiro atoms. The van der Waals surface area contributed by atoms with E-state index in [1.54, 1.807) is 53.4 Å². The number of phenols is 1. The van der Waals surface area contributed by atoms with E-state index in [1.807, 2.05) is 6.07 Å². The van der Waals surface area contributed by atoms with E-state index < -0.39 is 0 Å². The Bertz CT molecular complexity index is 974. The first-order chi connectivity index (χ1) is 11.2. The molecule has 0 aliphatic rings. The minimum atomic E-state index is -0.282. The van der Waals surface area contributed by atoms with Crippen molar-refractivity contribution in [3.63, 3.8) is 0 Å². The second-order valence-corrected chi connectivity index (χ2v) is 5.28. The Morgan fingerprint density at radius 1 is 1.09 bits per heavy atom. The van der Waals surface area contributed by atoms with E-state index in [-0.39, 0.29) is 18.1 Å². The van der Waals surface area contributed by atoms with Crippen molar-refractivity contribution in [3.05, 3.63) is 72.2 Å². The van der Waals surface area contributed by atoms with Gasteiger partial charge < -0.3 is 9.52 Å². The Balaban J connectivity index is 1.89. The first-order valence-corrected chi connectivity index (χ1v) is 7.19. The van der Waals surface area contributed by atoms with Crippen LogP contribution in [-0.4, -0.2) is 14.9 Å². The molecule has 5 heteroatoms. The van der Waals surface area contributed by atoms with Gasteiger partial charge in [-0.3, -0.25) is 4.68 Å². The molecule has 0 saturated heterocycles. The lowest BCUT2D eigenvalue weighted by Gasteiger charge is -2.05. The fourth-order valence-electron chi connectivity index (χ4n) is 2.67. The molecule has 23 heavy (non-hydrogen) atoms. The zero-order valence-corrected chi connectivity index (χ0v) is 12.1. The van der Waals surface area contributed by atoms with Gasteiger partial charge >= 0.3 is 0 Å². The molecule has 0 saturated carbocycles. The summed E-state index contributed by atoms with van der Waals surface area (Å²) in [6.07, 6.45) is 1.58. The highest BCUT2D eigenvalue weighted by molar-refractivity contribution is 5.92. The summed E-state index contributed by atoms with van der Waals surface area (Å²) in [5.74, 6) is 0.488. The molecule has 2 heterocycles. The third-order valence-electron chi connectivity index (χ3n) is 3.77. The monoisotopic (exact) mass is 308 g/mol. The van der Waals surface area contributed by atoms with Gasteiger partial charge in [-0.25, -0.2) is 4.39 Å². The predicted octanol–water partition coefficient (Wildman–Crippen LogP) is 4.19. The van der Waals surface area contributed by atoms with Gasteiger partial charge in [0.25, 0.3) is 0 Å². The second-order valence-electron chi connectivity index (χ2n) is 5.28. The summed E-state index contributed by atoms with van der Waals surface area (Å²) in [5, 5.41) is 15.2. The highest BCUT2D eigenvalue weighted by atomic mass is 19.1. The van der Waals surface area contributed by atoms with Crippen molar-refractivity contribution in [2.24, 2.45) is 0 Å². The maximum Gasteiger partial charge on any atom is 0.154 e. The van der Waals surface area contributed by atoms with Gasteiger partial charge in [-0.15, -0.1) is 0 Å². The molecule has 4 nitrogen and oxygen atoms in total. The number of rotatable bonds is 3. The van der Waals surface area contributed by atoms with Gasteiger partial charge in [0.1, 0.15) is 17.3 Å². The first kappa shape index (κ1) is 13.6. The standard InChI is InChI=1S/C18H13FN2O2/c19-15-5-2-1-4-12(15)11-21-16-10-13(22)7-8-14(16)18(20-21)17-6-3-9-23-17/h1-10,22H,11H2. The van der Waals surface area contributed by atoms with Crippen LogP contribution in [0.25, 0.3) is 22.4 Å². The van der Waals surface area contributed by atoms with Crippen molar-refractivity contribution < 1.29 is 13.9 Å². The van der Waals surface area contributed by atoms with Crippen LogP contribution in [0.2, 0.25) is 0 Å². The first-order valence-electron chi connectivity index (χ1n) is 7.19. The molecule has 0 aliphatic carbocycles. The maximum atomic E-state index is 13.9. The van der Waals surface area contributed by atoms with E-state index in [2.05, 4.69) is 5.10 Å². The normalized spacial score (nSPS) is 11.2. The number of phenolic OH excluding ortho intramolecular Hbond substituents is 1. The lowest BCUT2D eigenvalue weighted by atomic mass is 10.1. The fraction of sp³-hybridized carbons (Fsp3) is 0.0556. The third kappa shape index (κ3) is 2.36. The fourth-order valence-corrected chi connectivity index (χ4v) is 2.67. The molecule has 0 bridgehead atoms. The van der Waals surface area contributed by atoms with Gasteiger partial charge in [0.2, 0.25) is 0 Å². The van der Waals surface area contributed by atoms with Crippen LogP contribution in [0.15, 0.2) is 65.3 Å². The van der Waals surface area contributed by atoms with E-state index in [0.717, 1.165) is 10.9 Å². The number of aromatic nitrogens is 2. The average molecular weight is 308 g/mol. The summed E-state index contributed by atoms with van der Waals surface area (Å²) in [4.78, 5) is 0. The van der Waals surface area contributed by atoms with Crippen molar-refractivity contribution in [2.75, 3.05) is 0 Å². The summed E-state index contributed by atoms with van der Waals surface area (Å²) in [7, 11) is 0. The zero-order chi connectivity index (χ0) is 15.8. The largest absolute Gasteiger partial charge is 0.508 e. The predicted molar refractivity (Wildman–Crippen MR) is 84.6 cm³/mol. The van der Waals surface area contributed by atoms with Crippen molar-refractivity contribution in [1.29, 1.82) is 0 Å². The van der Waals surface area contributed by atoms with Crippen LogP contribution in [0.4, 0.5) is 4.39 Å². The molecule has 0 fully saturated rings. The van der Waals surface area contributed by atoms with Crippen molar-refractivity contribution in [1.82, 2.24) is 9.78 Å². The van der Waals surface area contributed by atoms with Gasteiger partial charge in [-0.1, -0.05) is 18.2 Å². The van der Waals surface area contributed by atoms with Crippen LogP contribution in [0.1, 0.15) is 5.56 Å². The number of hydrogen-bond acceptors (Lipinski definition) is 3. The van der Waals surface area contributed by atoms with E-state index in [0.29, 0.717) is 17.0 Å². The SMILES string of the molecule is Oc1ccc2c(-c3ccco3)nn(Cc3ccccc3F)c2c1. The molecule has 0 unspecified atom stereocenters. The molecule has 2 aromatic heterocycles. The minimum Gasteiger partial charge on any atom is -0.508 e. The molecule has 1 N–H and O–H groups in total. The van der Waals surface area contributed by atoms with Crippen molar-refractivity contribution in [2.45, 2.75) is 6.54 Å². The van der Waals surface area contributed by atoms with Crippen LogP contribution in [0, 0.1) is 5.82 Å². The van der Waals surface area contributed by atoms with Gasteiger partial charge in [-0.05, 0) is 30.3 Å². The number of hydrogen-bond donors (Lipinski definition) is 1. The summed E-state index contributed by atoms with van der Waals surface area (Å²) in [6.45, 7) is 0.271. The minimum absolute atomic E-state index is 0.137. The van der Waals surface area contributed by atoms with Crippen molar-refractivity contribution in [3.8, 4) is 17.2 Å². The number of fused-ring (bicyclic) bond motifs is 1. The lowest BCUT2D eigenvalue weighted by Crippen LogP contribution is -2.03. The maximum absolute atomic E-state index is 13.9. The molecule has 0 radical (unpaired) electrons. The second kappa shape index (κ2) is 5.28. The highest BCUT2D eigenvalue weighted by Gasteiger charge is 2.16. The van der Waals surface area contributed by atoms with Crippen LogP contribution >= 0.6 is 0 Å². The van der Waals surface area contributed by atoms with E-state index in [1.165, 1.54) is 6.07 Å². The molecule has 114 valence electrons. The summed E-state index contributed by atoms with van der Waals surface area (Å²) in [6, 6.07) is 15.2. The molecule has 4 rings (SSSR count). The smallest absolute Gasteiger partial charge is 0.154 e. The van der Waals surface area contributed by atoms with Gasteiger partial charge in [0.15, 0.2) is 5.76 Å². The van der Waals surface area contributed by atoms with Crippen molar-refractivity contribution >= 4 is 10.9 Å². The zero-order valence-electron chi connectivity index (χ0n) is 12.1. The summed E-state index contributed by atoms with van der Waals surface area (Å²) < 4.78 is 21.0. The molecule has 2 aromatic carbocycles. The van der Waals surface area contributed by atoms with E-state index in [4.69, 9.17) is 4.42 Å². The Labute approximate surface area is 131 Å². The topological polar surface area (TPSA) is 51.2 Å². The number of nitrogens with zero attached hydrogens (tertiary/aromatic N) is 2. The van der Waals surface area contributed by atoms with Gasteiger partial charge in [-0.2, -0.15) is 5.10 Å². The Kier molecular flexibility index (Phi) is 3.12. The molecule has 4 aromatic rings. The number of furan rings is 1. The Morgan fingerprint density at radius 2 is 1.96 bits per heavy atom. The number of halogens is 1. The van der Waals surface area contributed by atoms with Crippen LogP contribution in [-0.2, 0) is 6.54 Å². The van der Waals surface area contributed by atoms with Crippen LogP contribution < -0.4 is 0 Å². The molecule has 0 aliphatic heterocycles. The Morgan fingerprint density at radius 3 is 2.74 bits per heavy atom. The number of aromatic hydroxyl groups is 1. The molecule has 0 atom stereocenters. The van der Waals surface area contributed by atoms with Crippen LogP contribution in [0.5, 0.6) is 5.75 Å². The quantitative estimate of drug-likeness (QED) is 0.617. The van der Waals surface area contributed by atoms with Gasteiger partial charge in [0.05, 0.1) is 18.3 Å². The van der Waals surface area contributed by atoms with E-state index in [9.17, 15) is 9.50 Å². The molecular formula is C18H13FN2O2. The average Bonchev–Trinajstić information content (AvgIpc) is 3.17. The molecule has 0 amide bonds. The lowest BCUT2D eigenvalue weighted by molar-refractivity contribution is 0.475. The van der Waals surface area contributed by atoms with Crippen LogP contribution in [0.3, 0.4) is 0 Å². The third-order valence-corrected chi connectivity index (χ3v) is 3.77. The Hall–Kier alpha value is -3.08. The highest BCUT2D eigenvalue weighted by Crippen LogP contribution is 2.31. The summed E-state index contributed by atoms with van der Waals surface area (Å²) in [5.41, 5.74) is 1.92. The summed E-state index contributed by atoms with van der Waals surface area (Å²) >= 11 is 0. The van der Waals surface area contributed by atoms with Gasteiger partial charge in [0, 0.05) is 17.0 Å². The molecular weight excluding hydrogens is 295 g/mol. The number of benzene rings is 2.